The van der Waals surface area contributed by atoms with Crippen LogP contribution in [0.3, 0.4) is 0 Å². The third-order valence-electron chi connectivity index (χ3n) is 3.17. The van der Waals surface area contributed by atoms with E-state index in [9.17, 15) is 0 Å². The summed E-state index contributed by atoms with van der Waals surface area (Å²) in [6.07, 6.45) is 0. The number of benzene rings is 2. The van der Waals surface area contributed by atoms with Gasteiger partial charge in [-0.05, 0) is 43.4 Å². The summed E-state index contributed by atoms with van der Waals surface area (Å²) in [6, 6.07) is 17.1. The zero-order valence-corrected chi connectivity index (χ0v) is 12.2. The van der Waals surface area contributed by atoms with Crippen LogP contribution in [0.15, 0.2) is 48.5 Å². The van der Waals surface area contributed by atoms with Crippen molar-refractivity contribution in [3.05, 3.63) is 70.8 Å². The first-order chi connectivity index (χ1) is 8.50. The fraction of sp³-hybridized carbons (Fsp3) is 0.333. The zero-order chi connectivity index (χ0) is 13.5. The van der Waals surface area contributed by atoms with Crippen LogP contribution in [-0.4, -0.2) is 0 Å². The van der Waals surface area contributed by atoms with E-state index in [1.807, 2.05) is 0 Å². The van der Waals surface area contributed by atoms with Crippen LogP contribution in [0.2, 0.25) is 0 Å². The van der Waals surface area contributed by atoms with Gasteiger partial charge in [0.25, 0.3) is 0 Å². The lowest BCUT2D eigenvalue weighted by Crippen LogP contribution is -1.85. The van der Waals surface area contributed by atoms with Crippen LogP contribution in [-0.2, 0) is 0 Å². The van der Waals surface area contributed by atoms with E-state index in [1.54, 1.807) is 0 Å². The Kier molecular flexibility index (Phi) is 5.64. The molecule has 2 aromatic rings. The topological polar surface area (TPSA) is 0 Å². The Bertz CT molecular complexity index is 443. The molecule has 0 aliphatic carbocycles. The van der Waals surface area contributed by atoms with Crippen molar-refractivity contribution in [1.29, 1.82) is 0 Å². The van der Waals surface area contributed by atoms with E-state index < -0.39 is 0 Å². The minimum atomic E-state index is 0.653. The van der Waals surface area contributed by atoms with Gasteiger partial charge in [0.15, 0.2) is 0 Å². The van der Waals surface area contributed by atoms with E-state index in [0.29, 0.717) is 5.92 Å². The summed E-state index contributed by atoms with van der Waals surface area (Å²) in [4.78, 5) is 0. The van der Waals surface area contributed by atoms with Gasteiger partial charge in [0.2, 0.25) is 0 Å². The van der Waals surface area contributed by atoms with Crippen molar-refractivity contribution >= 4 is 0 Å². The lowest BCUT2D eigenvalue weighted by molar-refractivity contribution is 0.866. The minimum Gasteiger partial charge on any atom is -0.0620 e. The predicted molar refractivity (Wildman–Crippen MR) is 81.2 cm³/mol. The normalized spacial score (nSPS) is 9.89. The van der Waals surface area contributed by atoms with E-state index in [2.05, 4.69) is 83.1 Å². The molecule has 2 rings (SSSR count). The quantitative estimate of drug-likeness (QED) is 0.624. The highest BCUT2D eigenvalue weighted by Gasteiger charge is 1.95. The summed E-state index contributed by atoms with van der Waals surface area (Å²) < 4.78 is 0. The molecule has 96 valence electrons. The van der Waals surface area contributed by atoms with Gasteiger partial charge in [-0.25, -0.2) is 0 Å². The van der Waals surface area contributed by atoms with Crippen molar-refractivity contribution in [2.45, 2.75) is 40.5 Å². The Morgan fingerprint density at radius 3 is 1.44 bits per heavy atom. The van der Waals surface area contributed by atoms with Gasteiger partial charge in [0.1, 0.15) is 0 Å². The van der Waals surface area contributed by atoms with Gasteiger partial charge in [-0.3, -0.25) is 0 Å². The molecule has 0 heterocycles. The minimum absolute atomic E-state index is 0.653. The molecule has 0 amide bonds. The van der Waals surface area contributed by atoms with Gasteiger partial charge in [-0.1, -0.05) is 67.9 Å². The molecular formula is C18H24. The summed E-state index contributed by atoms with van der Waals surface area (Å²) in [5, 5.41) is 0. The van der Waals surface area contributed by atoms with E-state index in [4.69, 9.17) is 0 Å². The molecule has 0 saturated heterocycles. The third-order valence-corrected chi connectivity index (χ3v) is 3.17. The highest BCUT2D eigenvalue weighted by atomic mass is 14.0. The maximum Gasteiger partial charge on any atom is -0.0219 e. The summed E-state index contributed by atoms with van der Waals surface area (Å²) in [7, 11) is 0. The van der Waals surface area contributed by atoms with Crippen molar-refractivity contribution in [3.8, 4) is 0 Å². The number of aryl methyl sites for hydroxylation is 3. The Morgan fingerprint density at radius 1 is 0.667 bits per heavy atom. The average Bonchev–Trinajstić information content (AvgIpc) is 2.34. The summed E-state index contributed by atoms with van der Waals surface area (Å²) in [6.45, 7) is 10.8. The molecule has 0 bridgehead atoms. The van der Waals surface area contributed by atoms with Gasteiger partial charge in [0, 0.05) is 0 Å². The Balaban J connectivity index is 0.000000184. The van der Waals surface area contributed by atoms with E-state index >= 15 is 0 Å². The smallest absolute Gasteiger partial charge is 0.0219 e. The Morgan fingerprint density at radius 2 is 1.11 bits per heavy atom. The fourth-order valence-corrected chi connectivity index (χ4v) is 1.61. The van der Waals surface area contributed by atoms with Gasteiger partial charge < -0.3 is 0 Å². The van der Waals surface area contributed by atoms with Gasteiger partial charge in [-0.15, -0.1) is 0 Å². The molecule has 0 fully saturated rings. The number of hydrogen-bond acceptors (Lipinski definition) is 0. The molecule has 0 radical (unpaired) electrons. The number of rotatable bonds is 1. The van der Waals surface area contributed by atoms with Gasteiger partial charge in [-0.2, -0.15) is 0 Å². The first-order valence-electron chi connectivity index (χ1n) is 6.59. The van der Waals surface area contributed by atoms with Crippen LogP contribution in [0.25, 0.3) is 0 Å². The molecule has 18 heavy (non-hydrogen) atoms. The van der Waals surface area contributed by atoms with Crippen LogP contribution in [0, 0.1) is 20.8 Å². The largest absolute Gasteiger partial charge is 0.0620 e. The van der Waals surface area contributed by atoms with Gasteiger partial charge in [0.05, 0.1) is 0 Å². The Hall–Kier alpha value is -1.56. The monoisotopic (exact) mass is 240 g/mol. The molecular weight excluding hydrogens is 216 g/mol. The second-order valence-corrected chi connectivity index (χ2v) is 5.15. The van der Waals surface area contributed by atoms with Crippen LogP contribution in [0.4, 0.5) is 0 Å². The molecule has 0 aliphatic rings. The molecule has 0 unspecified atom stereocenters. The number of hydrogen-bond donors (Lipinski definition) is 0. The Labute approximate surface area is 112 Å². The second-order valence-electron chi connectivity index (χ2n) is 5.15. The molecule has 0 atom stereocenters. The predicted octanol–water partition coefficient (Wildman–Crippen LogP) is 5.42. The highest BCUT2D eigenvalue weighted by molar-refractivity contribution is 5.24. The molecule has 0 aromatic heterocycles. The lowest BCUT2D eigenvalue weighted by atomic mass is 10.0. The first-order valence-corrected chi connectivity index (χ1v) is 6.59. The van der Waals surface area contributed by atoms with E-state index in [0.717, 1.165) is 0 Å². The standard InChI is InChI=1S/C10H14.C8H10/c1-8(2)10-6-4-9(3)5-7-10;1-7-5-3-4-6-8(7)2/h4-8H,1-3H3;3-6H,1-2H3. The molecule has 0 aliphatic heterocycles. The van der Waals surface area contributed by atoms with Crippen LogP contribution in [0.1, 0.15) is 42.0 Å². The van der Waals surface area contributed by atoms with Crippen molar-refractivity contribution in [1.82, 2.24) is 0 Å². The molecule has 0 saturated carbocycles. The van der Waals surface area contributed by atoms with Crippen molar-refractivity contribution in [2.24, 2.45) is 0 Å². The lowest BCUT2D eigenvalue weighted by Gasteiger charge is -2.03. The zero-order valence-electron chi connectivity index (χ0n) is 12.2. The average molecular weight is 240 g/mol. The van der Waals surface area contributed by atoms with Crippen molar-refractivity contribution in [2.75, 3.05) is 0 Å². The molecule has 0 spiro atoms. The SMILES string of the molecule is Cc1ccc(C(C)C)cc1.Cc1ccccc1C. The van der Waals surface area contributed by atoms with E-state index in [1.165, 1.54) is 22.3 Å². The maximum absolute atomic E-state index is 2.21. The summed E-state index contributed by atoms with van der Waals surface area (Å²) in [5.74, 6) is 0.653. The van der Waals surface area contributed by atoms with Crippen LogP contribution in [0.5, 0.6) is 0 Å². The first kappa shape index (κ1) is 14.5. The fourth-order valence-electron chi connectivity index (χ4n) is 1.61. The molecule has 2 aromatic carbocycles. The van der Waals surface area contributed by atoms with Crippen LogP contribution < -0.4 is 0 Å². The summed E-state index contributed by atoms with van der Waals surface area (Å²) >= 11 is 0. The summed E-state index contributed by atoms with van der Waals surface area (Å²) in [5.41, 5.74) is 5.50. The highest BCUT2D eigenvalue weighted by Crippen LogP contribution is 2.13. The second kappa shape index (κ2) is 7.00. The maximum atomic E-state index is 2.21. The molecule has 0 N–H and O–H groups in total. The molecule has 0 heteroatoms. The third kappa shape index (κ3) is 4.75. The molecule has 0 nitrogen and oxygen atoms in total. The van der Waals surface area contributed by atoms with Crippen molar-refractivity contribution in [3.63, 3.8) is 0 Å². The van der Waals surface area contributed by atoms with Crippen LogP contribution >= 0.6 is 0 Å². The van der Waals surface area contributed by atoms with Crippen molar-refractivity contribution < 1.29 is 0 Å². The van der Waals surface area contributed by atoms with Gasteiger partial charge >= 0.3 is 0 Å². The van der Waals surface area contributed by atoms with E-state index in [-0.39, 0.29) is 0 Å².